The first-order valence-electron chi connectivity index (χ1n) is 16.8. The summed E-state index contributed by atoms with van der Waals surface area (Å²) in [5.74, 6) is -2.44. The number of hydrogen-bond donors (Lipinski definition) is 3. The zero-order chi connectivity index (χ0) is 35.3. The van der Waals surface area contributed by atoms with Crippen molar-refractivity contribution in [2.45, 2.75) is 94.9 Å². The molecule has 49 heavy (non-hydrogen) atoms. The van der Waals surface area contributed by atoms with Gasteiger partial charge in [0, 0.05) is 23.5 Å². The number of fused-ring (bicyclic) bond motifs is 3. The molecule has 2 aromatic rings. The van der Waals surface area contributed by atoms with Gasteiger partial charge in [0.25, 0.3) is 5.91 Å². The molecule has 6 rings (SSSR count). The standard InChI is InChI=1S/C36H45N5O7S/c1-7-22-19-36(22,34(44)40-49(45,46)24-16-17-24)37-32(42)29-18-23(20-41(29)33(43)30(21(2)3)39-48-35(4,5)6)47-38-31-27-14-10-8-12-25(27)26-13-9-11-15-28(26)31/h7-15,21-24,29-30,39H,1,16-20H2,2-6H3,(H,37,42)(H,40,44)/t22-,23-,29+,30-,36+/m1/s1. The number of nitrogens with zero attached hydrogens (tertiary/aromatic N) is 2. The minimum atomic E-state index is -3.85. The van der Waals surface area contributed by atoms with Crippen LogP contribution in [0.2, 0.25) is 0 Å². The Balaban J connectivity index is 1.26. The molecular formula is C36H45N5O7S. The first kappa shape index (κ1) is 34.8. The Bertz CT molecular complexity index is 1750. The average Bonchev–Trinajstić information content (AvgIpc) is 3.95. The van der Waals surface area contributed by atoms with Gasteiger partial charge < -0.3 is 15.1 Å². The maximum absolute atomic E-state index is 14.2. The molecule has 12 nitrogen and oxygen atoms in total. The lowest BCUT2D eigenvalue weighted by molar-refractivity contribution is -0.151. The van der Waals surface area contributed by atoms with Gasteiger partial charge in [0.15, 0.2) is 0 Å². The van der Waals surface area contributed by atoms with Gasteiger partial charge in [-0.1, -0.05) is 73.6 Å². The predicted molar refractivity (Wildman–Crippen MR) is 184 cm³/mol. The molecule has 3 aliphatic carbocycles. The summed E-state index contributed by atoms with van der Waals surface area (Å²) in [6.07, 6.45) is 2.13. The van der Waals surface area contributed by atoms with Crippen molar-refractivity contribution in [2.75, 3.05) is 6.54 Å². The van der Waals surface area contributed by atoms with E-state index in [9.17, 15) is 22.8 Å². The molecule has 262 valence electrons. The summed E-state index contributed by atoms with van der Waals surface area (Å²) >= 11 is 0. The molecule has 0 radical (unpaired) electrons. The molecule has 5 atom stereocenters. The molecule has 3 amide bonds. The van der Waals surface area contributed by atoms with Crippen molar-refractivity contribution in [1.29, 1.82) is 0 Å². The van der Waals surface area contributed by atoms with Gasteiger partial charge in [0.05, 0.1) is 17.4 Å². The highest BCUT2D eigenvalue weighted by Gasteiger charge is 2.62. The number of hydroxylamine groups is 1. The lowest BCUT2D eigenvalue weighted by Crippen LogP contribution is -2.58. The minimum absolute atomic E-state index is 0.0531. The number of rotatable bonds is 12. The van der Waals surface area contributed by atoms with Crippen LogP contribution in [0.25, 0.3) is 11.1 Å². The van der Waals surface area contributed by atoms with Gasteiger partial charge >= 0.3 is 0 Å². The molecular weight excluding hydrogens is 646 g/mol. The fraction of sp³-hybridized carbons (Fsp3) is 0.500. The van der Waals surface area contributed by atoms with E-state index in [1.54, 1.807) is 0 Å². The highest BCUT2D eigenvalue weighted by Crippen LogP contribution is 2.45. The van der Waals surface area contributed by atoms with Crippen molar-refractivity contribution >= 4 is 33.5 Å². The van der Waals surface area contributed by atoms with E-state index in [-0.39, 0.29) is 31.2 Å². The van der Waals surface area contributed by atoms with Crippen LogP contribution in [0.15, 0.2) is 66.3 Å². The van der Waals surface area contributed by atoms with Crippen molar-refractivity contribution in [2.24, 2.45) is 17.0 Å². The van der Waals surface area contributed by atoms with E-state index in [0.29, 0.717) is 18.6 Å². The van der Waals surface area contributed by atoms with Gasteiger partial charge in [-0.05, 0) is 57.1 Å². The van der Waals surface area contributed by atoms with E-state index in [1.165, 1.54) is 11.0 Å². The first-order valence-corrected chi connectivity index (χ1v) is 18.4. The van der Waals surface area contributed by atoms with Gasteiger partial charge in [-0.3, -0.25) is 23.9 Å². The molecule has 3 fully saturated rings. The molecule has 2 aromatic carbocycles. The topological polar surface area (TPSA) is 156 Å². The fourth-order valence-corrected chi connectivity index (χ4v) is 7.86. The second-order valence-electron chi connectivity index (χ2n) is 14.7. The molecule has 2 saturated carbocycles. The summed E-state index contributed by atoms with van der Waals surface area (Å²) in [4.78, 5) is 55.1. The summed E-state index contributed by atoms with van der Waals surface area (Å²) in [5, 5.41) is 6.80. The van der Waals surface area contributed by atoms with Gasteiger partial charge in [-0.15, -0.1) is 6.58 Å². The van der Waals surface area contributed by atoms with Crippen LogP contribution in [0, 0.1) is 11.8 Å². The Hall–Kier alpha value is -4.07. The molecule has 3 N–H and O–H groups in total. The molecule has 1 saturated heterocycles. The molecule has 0 bridgehead atoms. The molecule has 1 aliphatic heterocycles. The van der Waals surface area contributed by atoms with E-state index >= 15 is 0 Å². The van der Waals surface area contributed by atoms with E-state index in [0.717, 1.165) is 22.3 Å². The van der Waals surface area contributed by atoms with Crippen molar-refractivity contribution in [3.8, 4) is 11.1 Å². The summed E-state index contributed by atoms with van der Waals surface area (Å²) in [6, 6.07) is 14.0. The number of likely N-dealkylation sites (tertiary alicyclic amines) is 1. The highest BCUT2D eigenvalue weighted by molar-refractivity contribution is 7.91. The Morgan fingerprint density at radius 3 is 2.12 bits per heavy atom. The number of carbonyl (C=O) groups excluding carboxylic acids is 3. The van der Waals surface area contributed by atoms with Crippen LogP contribution in [0.1, 0.15) is 71.4 Å². The third-order valence-electron chi connectivity index (χ3n) is 9.47. The summed E-state index contributed by atoms with van der Waals surface area (Å²) < 4.78 is 27.4. The third-order valence-corrected chi connectivity index (χ3v) is 11.3. The summed E-state index contributed by atoms with van der Waals surface area (Å²) in [6.45, 7) is 13.2. The smallest absolute Gasteiger partial charge is 0.259 e. The Morgan fingerprint density at radius 1 is 1.02 bits per heavy atom. The van der Waals surface area contributed by atoms with Crippen LogP contribution in [-0.2, 0) is 34.1 Å². The normalized spacial score (nSPS) is 24.9. The minimum Gasteiger partial charge on any atom is -0.390 e. The fourth-order valence-electron chi connectivity index (χ4n) is 6.50. The average molecular weight is 692 g/mol. The lowest BCUT2D eigenvalue weighted by Gasteiger charge is -2.32. The van der Waals surface area contributed by atoms with Crippen LogP contribution in [0.4, 0.5) is 0 Å². The quantitative estimate of drug-likeness (QED) is 0.193. The Labute approximate surface area is 287 Å². The van der Waals surface area contributed by atoms with Gasteiger partial charge in [-0.2, -0.15) is 5.48 Å². The van der Waals surface area contributed by atoms with Crippen molar-refractivity contribution in [3.63, 3.8) is 0 Å². The number of nitrogens with one attached hydrogen (secondary N) is 3. The Kier molecular flexibility index (Phi) is 9.22. The monoisotopic (exact) mass is 691 g/mol. The SMILES string of the molecule is C=C[C@@H]1C[C@@]1(NC(=O)[C@@H]1C[C@@H](ON=C2c3ccccc3-c3ccccc32)CN1C(=O)[C@H](NOC(C)(C)C)C(C)C)C(=O)NS(=O)(=O)C1CC1. The van der Waals surface area contributed by atoms with Crippen molar-refractivity contribution in [1.82, 2.24) is 20.4 Å². The van der Waals surface area contributed by atoms with Gasteiger partial charge in [0.2, 0.25) is 21.8 Å². The number of amides is 3. The molecule has 1 heterocycles. The number of benzene rings is 2. The number of sulfonamides is 1. The second-order valence-corrected chi connectivity index (χ2v) is 16.7. The summed E-state index contributed by atoms with van der Waals surface area (Å²) in [7, 11) is -3.85. The maximum atomic E-state index is 14.2. The van der Waals surface area contributed by atoms with Crippen LogP contribution < -0.4 is 15.5 Å². The summed E-state index contributed by atoms with van der Waals surface area (Å²) in [5.41, 5.74) is 5.42. The van der Waals surface area contributed by atoms with Gasteiger partial charge in [-0.25, -0.2) is 8.42 Å². The zero-order valence-electron chi connectivity index (χ0n) is 28.6. The van der Waals surface area contributed by atoms with Crippen LogP contribution in [-0.4, -0.2) is 77.9 Å². The van der Waals surface area contributed by atoms with Crippen molar-refractivity contribution in [3.05, 3.63) is 72.3 Å². The van der Waals surface area contributed by atoms with Crippen molar-refractivity contribution < 1.29 is 32.5 Å². The lowest BCUT2D eigenvalue weighted by atomic mass is 10.0. The van der Waals surface area contributed by atoms with Crippen LogP contribution in [0.3, 0.4) is 0 Å². The molecule has 4 aliphatic rings. The van der Waals surface area contributed by atoms with E-state index in [4.69, 9.17) is 9.68 Å². The van der Waals surface area contributed by atoms with Crippen LogP contribution in [0.5, 0.6) is 0 Å². The van der Waals surface area contributed by atoms with E-state index in [1.807, 2.05) is 83.1 Å². The molecule has 0 spiro atoms. The first-order chi connectivity index (χ1) is 23.1. The number of hydrogen-bond acceptors (Lipinski definition) is 9. The molecule has 0 unspecified atom stereocenters. The Morgan fingerprint density at radius 2 is 1.61 bits per heavy atom. The van der Waals surface area contributed by atoms with E-state index < -0.39 is 62.3 Å². The second kappa shape index (κ2) is 13.0. The molecule has 0 aromatic heterocycles. The largest absolute Gasteiger partial charge is 0.390 e. The zero-order valence-corrected chi connectivity index (χ0v) is 29.4. The molecule has 13 heteroatoms. The third kappa shape index (κ3) is 7.01. The van der Waals surface area contributed by atoms with Crippen LogP contribution >= 0.6 is 0 Å². The number of oxime groups is 1. The number of carbonyl (C=O) groups is 3. The highest BCUT2D eigenvalue weighted by atomic mass is 32.2. The van der Waals surface area contributed by atoms with Gasteiger partial charge in [0.1, 0.15) is 29.4 Å². The predicted octanol–water partition coefficient (Wildman–Crippen LogP) is 3.42. The van der Waals surface area contributed by atoms with E-state index in [2.05, 4.69) is 27.3 Å². The maximum Gasteiger partial charge on any atom is 0.259 e.